The van der Waals surface area contributed by atoms with Gasteiger partial charge in [0.15, 0.2) is 0 Å². The minimum atomic E-state index is -0.145. The zero-order chi connectivity index (χ0) is 8.72. The van der Waals surface area contributed by atoms with Crippen molar-refractivity contribution in [2.24, 2.45) is 0 Å². The highest BCUT2D eigenvalue weighted by molar-refractivity contribution is 14.1. The predicted molar refractivity (Wildman–Crippen MR) is 62.2 cm³/mol. The van der Waals surface area contributed by atoms with Crippen LogP contribution in [-0.2, 0) is 0 Å². The summed E-state index contributed by atoms with van der Waals surface area (Å²) in [6, 6.07) is 5.26. The van der Waals surface area contributed by atoms with E-state index in [0.717, 1.165) is 13.9 Å². The van der Waals surface area contributed by atoms with Crippen LogP contribution in [0.2, 0.25) is 0 Å². The largest absolute Gasteiger partial charge is 0.206 e. The molecule has 1 aromatic carbocycles. The number of benzene rings is 1. The fourth-order valence-electron chi connectivity index (χ4n) is 1.02. The van der Waals surface area contributed by atoms with Crippen molar-refractivity contribution in [1.82, 2.24) is 0 Å². The van der Waals surface area contributed by atoms with Crippen LogP contribution < -0.4 is 0 Å². The van der Waals surface area contributed by atoms with Crippen molar-refractivity contribution < 1.29 is 4.39 Å². The van der Waals surface area contributed by atoms with E-state index in [9.17, 15) is 4.39 Å². The fourth-order valence-corrected chi connectivity index (χ4v) is 3.38. The van der Waals surface area contributed by atoms with Gasteiger partial charge in [0, 0.05) is 10.1 Å². The Morgan fingerprint density at radius 2 is 2.17 bits per heavy atom. The summed E-state index contributed by atoms with van der Waals surface area (Å²) < 4.78 is 15.9. The summed E-state index contributed by atoms with van der Waals surface area (Å²) in [5.41, 5.74) is 0. The number of hydrogen-bond acceptors (Lipinski definition) is 1. The van der Waals surface area contributed by atoms with E-state index in [1.54, 1.807) is 11.3 Å². The van der Waals surface area contributed by atoms with E-state index in [1.807, 2.05) is 34.7 Å². The highest BCUT2D eigenvalue weighted by atomic mass is 127. The average molecular weight is 357 g/mol. The zero-order valence-corrected chi connectivity index (χ0v) is 10.3. The summed E-state index contributed by atoms with van der Waals surface area (Å²) in [5.74, 6) is -0.145. The molecule has 12 heavy (non-hydrogen) atoms. The lowest BCUT2D eigenvalue weighted by molar-refractivity contribution is 0.623. The van der Waals surface area contributed by atoms with Gasteiger partial charge in [-0.3, -0.25) is 0 Å². The van der Waals surface area contributed by atoms with Crippen molar-refractivity contribution >= 4 is 59.9 Å². The number of fused-ring (bicyclic) bond motifs is 1. The first-order chi connectivity index (χ1) is 5.68. The molecule has 1 heterocycles. The maximum absolute atomic E-state index is 13.0. The molecular formula is C8H3BrFIS. The third kappa shape index (κ3) is 1.40. The Morgan fingerprint density at radius 1 is 1.42 bits per heavy atom. The van der Waals surface area contributed by atoms with Crippen molar-refractivity contribution in [1.29, 1.82) is 0 Å². The van der Waals surface area contributed by atoms with Crippen molar-refractivity contribution in [3.05, 3.63) is 31.4 Å². The molecule has 0 saturated heterocycles. The second kappa shape index (κ2) is 3.23. The highest BCUT2D eigenvalue weighted by Gasteiger charge is 2.06. The van der Waals surface area contributed by atoms with Crippen LogP contribution >= 0.6 is 49.9 Å². The topological polar surface area (TPSA) is 0 Å². The molecule has 0 unspecified atom stereocenters. The van der Waals surface area contributed by atoms with E-state index < -0.39 is 0 Å². The van der Waals surface area contributed by atoms with Gasteiger partial charge in [-0.1, -0.05) is 0 Å². The van der Waals surface area contributed by atoms with Crippen LogP contribution in [0.25, 0.3) is 10.1 Å². The van der Waals surface area contributed by atoms with E-state index in [0.29, 0.717) is 3.57 Å². The van der Waals surface area contributed by atoms with Crippen molar-refractivity contribution in [3.63, 3.8) is 0 Å². The van der Waals surface area contributed by atoms with Crippen LogP contribution in [0.5, 0.6) is 0 Å². The van der Waals surface area contributed by atoms with Gasteiger partial charge >= 0.3 is 0 Å². The van der Waals surface area contributed by atoms with Gasteiger partial charge in [0.05, 0.1) is 7.36 Å². The molecule has 2 aromatic rings. The standard InChI is InChI=1S/C8H3BrFIS/c9-7-3-4-6(12-7)2-1-5(10)8(4)11/h1-3H. The molecule has 0 spiro atoms. The normalized spacial score (nSPS) is 10.9. The van der Waals surface area contributed by atoms with Crippen molar-refractivity contribution in [3.8, 4) is 0 Å². The smallest absolute Gasteiger partial charge is 0.137 e. The summed E-state index contributed by atoms with van der Waals surface area (Å²) >= 11 is 7.02. The van der Waals surface area contributed by atoms with Gasteiger partial charge < -0.3 is 0 Å². The predicted octanol–water partition coefficient (Wildman–Crippen LogP) is 4.41. The zero-order valence-electron chi connectivity index (χ0n) is 5.77. The number of hydrogen-bond donors (Lipinski definition) is 0. The number of halogens is 3. The first-order valence-electron chi connectivity index (χ1n) is 3.21. The summed E-state index contributed by atoms with van der Waals surface area (Å²) in [5, 5.41) is 0.993. The van der Waals surface area contributed by atoms with Gasteiger partial charge in [-0.15, -0.1) is 11.3 Å². The van der Waals surface area contributed by atoms with E-state index in [2.05, 4.69) is 15.9 Å². The van der Waals surface area contributed by atoms with Crippen LogP contribution in [0.4, 0.5) is 4.39 Å². The van der Waals surface area contributed by atoms with E-state index in [1.165, 1.54) is 6.07 Å². The number of rotatable bonds is 0. The van der Waals surface area contributed by atoms with Crippen LogP contribution in [-0.4, -0.2) is 0 Å². The Labute approximate surface area is 95.0 Å². The van der Waals surface area contributed by atoms with Crippen LogP contribution in [0.3, 0.4) is 0 Å². The molecule has 4 heteroatoms. The molecule has 0 amide bonds. The molecule has 0 fully saturated rings. The third-order valence-electron chi connectivity index (χ3n) is 1.56. The minimum absolute atomic E-state index is 0.145. The Kier molecular flexibility index (Phi) is 2.39. The Balaban J connectivity index is 2.89. The van der Waals surface area contributed by atoms with Crippen molar-refractivity contribution in [2.75, 3.05) is 0 Å². The van der Waals surface area contributed by atoms with Crippen molar-refractivity contribution in [2.45, 2.75) is 0 Å². The molecule has 62 valence electrons. The Bertz CT molecular complexity index is 438. The summed E-state index contributed by atoms with van der Waals surface area (Å²) in [7, 11) is 0. The third-order valence-corrected chi connectivity index (χ3v) is 4.26. The summed E-state index contributed by atoms with van der Waals surface area (Å²) in [4.78, 5) is 0. The monoisotopic (exact) mass is 356 g/mol. The molecule has 0 saturated carbocycles. The maximum atomic E-state index is 13.0. The molecule has 0 N–H and O–H groups in total. The summed E-state index contributed by atoms with van der Waals surface area (Å²) in [6.07, 6.45) is 0. The van der Waals surface area contributed by atoms with E-state index in [4.69, 9.17) is 0 Å². The minimum Gasteiger partial charge on any atom is -0.206 e. The lowest BCUT2D eigenvalue weighted by Gasteiger charge is -1.94. The van der Waals surface area contributed by atoms with Crippen LogP contribution in [0.15, 0.2) is 22.0 Å². The average Bonchev–Trinajstić information content (AvgIpc) is 2.39. The molecule has 2 rings (SSSR count). The van der Waals surface area contributed by atoms with Gasteiger partial charge in [-0.2, -0.15) is 0 Å². The van der Waals surface area contributed by atoms with Crippen LogP contribution in [0.1, 0.15) is 0 Å². The second-order valence-corrected chi connectivity index (χ2v) is 5.87. The van der Waals surface area contributed by atoms with Gasteiger partial charge in [0.1, 0.15) is 5.82 Å². The molecule has 0 atom stereocenters. The first kappa shape index (κ1) is 8.90. The second-order valence-electron chi connectivity index (χ2n) is 2.32. The van der Waals surface area contributed by atoms with Gasteiger partial charge in [-0.05, 0) is 56.7 Å². The van der Waals surface area contributed by atoms with E-state index >= 15 is 0 Å². The SMILES string of the molecule is Fc1ccc2sc(Br)cc2c1I. The summed E-state index contributed by atoms with van der Waals surface area (Å²) in [6.45, 7) is 0. The molecule has 1 aromatic heterocycles. The first-order valence-corrected chi connectivity index (χ1v) is 5.90. The number of thiophene rings is 1. The van der Waals surface area contributed by atoms with Gasteiger partial charge in [0.25, 0.3) is 0 Å². The lowest BCUT2D eigenvalue weighted by atomic mass is 10.3. The Hall–Kier alpha value is 0.320. The highest BCUT2D eigenvalue weighted by Crippen LogP contribution is 2.33. The molecule has 0 aliphatic heterocycles. The quantitative estimate of drug-likeness (QED) is 0.613. The lowest BCUT2D eigenvalue weighted by Crippen LogP contribution is -1.79. The Morgan fingerprint density at radius 3 is 2.92 bits per heavy atom. The van der Waals surface area contributed by atoms with Crippen LogP contribution in [0, 0.1) is 9.39 Å². The molecule has 0 radical (unpaired) electrons. The molecule has 0 aliphatic carbocycles. The molecular weight excluding hydrogens is 354 g/mol. The maximum Gasteiger partial charge on any atom is 0.137 e. The molecule has 0 bridgehead atoms. The molecule has 0 aliphatic rings. The van der Waals surface area contributed by atoms with Gasteiger partial charge in [-0.25, -0.2) is 4.39 Å². The van der Waals surface area contributed by atoms with Gasteiger partial charge in [0.2, 0.25) is 0 Å². The van der Waals surface area contributed by atoms with E-state index in [-0.39, 0.29) is 5.82 Å². The molecule has 0 nitrogen and oxygen atoms in total. The fraction of sp³-hybridized carbons (Fsp3) is 0.